The van der Waals surface area contributed by atoms with Gasteiger partial charge in [0, 0.05) is 0 Å². The Morgan fingerprint density at radius 3 is 1.80 bits per heavy atom. The van der Waals surface area contributed by atoms with Crippen LogP contribution in [0.2, 0.25) is 0 Å². The lowest BCUT2D eigenvalue weighted by Crippen LogP contribution is -1.86. The van der Waals surface area contributed by atoms with Crippen molar-refractivity contribution in [3.63, 3.8) is 0 Å². The molecule has 0 aliphatic rings. The zero-order chi connectivity index (χ0) is 4.28. The lowest BCUT2D eigenvalue weighted by molar-refractivity contribution is -0.0865. The zero-order valence-electron chi connectivity index (χ0n) is 2.45. The largest absolute Gasteiger partial charge is 0.345 e. The quantitative estimate of drug-likeness (QED) is 0.457. The summed E-state index contributed by atoms with van der Waals surface area (Å²) in [6.07, 6.45) is 0. The molecule has 0 spiro atoms. The first-order chi connectivity index (χ1) is 2.27. The Kier molecular flexibility index (Phi) is 2.01. The van der Waals surface area contributed by atoms with Gasteiger partial charge in [0.25, 0.3) is 0 Å². The number of hydrogen-bond acceptors (Lipinski definition) is 1. The Morgan fingerprint density at radius 2 is 1.80 bits per heavy atom. The average Bonchev–Trinajstić information content (AvgIpc) is 1.38. The van der Waals surface area contributed by atoms with Crippen molar-refractivity contribution in [2.45, 2.75) is 6.61 Å². The number of alkyl halides is 2. The van der Waals surface area contributed by atoms with E-state index < -0.39 is 6.61 Å². The van der Waals surface area contributed by atoms with Gasteiger partial charge in [-0.25, -0.2) is 0 Å². The van der Waals surface area contributed by atoms with E-state index in [0.29, 0.717) is 0 Å². The van der Waals surface area contributed by atoms with Gasteiger partial charge in [-0.05, 0) is 0 Å². The van der Waals surface area contributed by atoms with Crippen LogP contribution < -0.4 is 0 Å². The molecule has 0 rings (SSSR count). The fraction of sp³-hybridized carbons (Fsp3) is 0.500. The van der Waals surface area contributed by atoms with E-state index in [9.17, 15) is 8.78 Å². The number of hydrogen-bond donors (Lipinski definition) is 0. The van der Waals surface area contributed by atoms with E-state index in [4.69, 9.17) is 0 Å². The van der Waals surface area contributed by atoms with Crippen molar-refractivity contribution in [2.24, 2.45) is 0 Å². The minimum Gasteiger partial charge on any atom is -0.321 e. The van der Waals surface area contributed by atoms with E-state index >= 15 is 0 Å². The molecule has 31 valence electrons. The summed E-state index contributed by atoms with van der Waals surface area (Å²) in [4.78, 5) is 0. The smallest absolute Gasteiger partial charge is 0.321 e. The lowest BCUT2D eigenvalue weighted by atomic mass is 11.4. The molecule has 0 bridgehead atoms. The minimum absolute atomic E-state index is 2.44. The number of rotatable bonds is 1. The minimum atomic E-state index is -2.73. The molecule has 0 aromatic heterocycles. The predicted molar refractivity (Wildman–Crippen MR) is 12.4 cm³/mol. The van der Waals surface area contributed by atoms with Crippen molar-refractivity contribution in [1.29, 1.82) is 0 Å². The fourth-order valence-electron chi connectivity index (χ4n) is 0. The molecule has 0 atom stereocenters. The first-order valence-electron chi connectivity index (χ1n) is 0.961. The van der Waals surface area contributed by atoms with Crippen molar-refractivity contribution in [3.8, 4) is 0 Å². The summed E-state index contributed by atoms with van der Waals surface area (Å²) in [5.74, 6) is 0. The van der Waals surface area contributed by atoms with Crippen molar-refractivity contribution >= 4 is 0 Å². The molecule has 0 aliphatic carbocycles. The highest BCUT2D eigenvalue weighted by atomic mass is 19.3. The molecule has 5 heavy (non-hydrogen) atoms. The first-order valence-corrected chi connectivity index (χ1v) is 0.961. The molecule has 0 saturated heterocycles. The molecule has 0 heterocycles. The van der Waals surface area contributed by atoms with Gasteiger partial charge in [-0.2, -0.15) is 8.78 Å². The number of halogens is 2. The molecule has 0 aromatic carbocycles. The van der Waals surface area contributed by atoms with Crippen LogP contribution >= 0.6 is 0 Å². The third-order valence-corrected chi connectivity index (χ3v) is 0.126. The van der Waals surface area contributed by atoms with Crippen molar-refractivity contribution in [3.05, 3.63) is 7.11 Å². The van der Waals surface area contributed by atoms with Crippen LogP contribution in [-0.2, 0) is 4.74 Å². The van der Waals surface area contributed by atoms with Gasteiger partial charge in [0.15, 0.2) is 0 Å². The Hall–Kier alpha value is -0.180. The SMILES string of the molecule is [CH2]OC(F)F. The average molecular weight is 81.0 g/mol. The molecule has 0 unspecified atom stereocenters. The van der Waals surface area contributed by atoms with Crippen LogP contribution in [0.5, 0.6) is 0 Å². The Balaban J connectivity index is 2.54. The second-order valence-corrected chi connectivity index (χ2v) is 0.427. The highest BCUT2D eigenvalue weighted by Gasteiger charge is 1.90. The molecule has 1 radical (unpaired) electrons. The molecule has 0 aromatic rings. The maximum absolute atomic E-state index is 10.5. The van der Waals surface area contributed by atoms with Crippen LogP contribution in [0, 0.1) is 7.11 Å². The Morgan fingerprint density at radius 1 is 1.60 bits per heavy atom. The molecular formula is C2H3F2O. The zero-order valence-corrected chi connectivity index (χ0v) is 2.45. The lowest BCUT2D eigenvalue weighted by Gasteiger charge is -1.85. The molecule has 3 heteroatoms. The van der Waals surface area contributed by atoms with Crippen LogP contribution in [0.25, 0.3) is 0 Å². The third-order valence-electron chi connectivity index (χ3n) is 0.126. The van der Waals surface area contributed by atoms with Gasteiger partial charge in [0.05, 0.1) is 7.11 Å². The standard InChI is InChI=1S/C2H3F2O/c1-5-2(3)4/h2H,1H2. The molecular weight excluding hydrogens is 78.0 g/mol. The fourth-order valence-corrected chi connectivity index (χ4v) is 0. The summed E-state index contributed by atoms with van der Waals surface area (Å²) in [7, 11) is 2.44. The topological polar surface area (TPSA) is 9.23 Å². The molecule has 0 amide bonds. The van der Waals surface area contributed by atoms with Crippen LogP contribution in [0.4, 0.5) is 8.78 Å². The Labute approximate surface area is 28.5 Å². The highest BCUT2D eigenvalue weighted by molar-refractivity contribution is 4.02. The molecule has 0 fully saturated rings. The van der Waals surface area contributed by atoms with Gasteiger partial charge < -0.3 is 4.74 Å². The van der Waals surface area contributed by atoms with Gasteiger partial charge in [-0.3, -0.25) is 0 Å². The predicted octanol–water partition coefficient (Wildman–Crippen LogP) is 1.02. The van der Waals surface area contributed by atoms with E-state index in [2.05, 4.69) is 11.8 Å². The molecule has 0 N–H and O–H groups in total. The van der Waals surface area contributed by atoms with Crippen LogP contribution in [0.3, 0.4) is 0 Å². The molecule has 0 aliphatic heterocycles. The second kappa shape index (κ2) is 2.08. The summed E-state index contributed by atoms with van der Waals surface area (Å²) in [5.41, 5.74) is 0. The van der Waals surface area contributed by atoms with Gasteiger partial charge in [-0.15, -0.1) is 0 Å². The van der Waals surface area contributed by atoms with Crippen molar-refractivity contribution < 1.29 is 13.5 Å². The van der Waals surface area contributed by atoms with E-state index in [0.717, 1.165) is 0 Å². The molecule has 1 nitrogen and oxygen atoms in total. The van der Waals surface area contributed by atoms with Crippen molar-refractivity contribution in [2.75, 3.05) is 0 Å². The highest BCUT2D eigenvalue weighted by Crippen LogP contribution is 1.88. The van der Waals surface area contributed by atoms with E-state index in [1.165, 1.54) is 0 Å². The third kappa shape index (κ3) is 3.82. The Bertz CT molecular complexity index is 21.6. The second-order valence-electron chi connectivity index (χ2n) is 0.427. The maximum Gasteiger partial charge on any atom is 0.345 e. The van der Waals surface area contributed by atoms with Crippen LogP contribution in [-0.4, -0.2) is 6.61 Å². The molecule has 0 saturated carbocycles. The van der Waals surface area contributed by atoms with Gasteiger partial charge in [-0.1, -0.05) is 0 Å². The summed E-state index contributed by atoms with van der Waals surface area (Å²) in [5, 5.41) is 0. The number of ether oxygens (including phenoxy) is 1. The van der Waals surface area contributed by atoms with Crippen LogP contribution in [0.1, 0.15) is 0 Å². The summed E-state index contributed by atoms with van der Waals surface area (Å²) >= 11 is 0. The monoisotopic (exact) mass is 81.0 g/mol. The summed E-state index contributed by atoms with van der Waals surface area (Å²) in [6, 6.07) is 0. The van der Waals surface area contributed by atoms with E-state index in [1.807, 2.05) is 0 Å². The summed E-state index contributed by atoms with van der Waals surface area (Å²) in [6.45, 7) is -2.73. The first kappa shape index (κ1) is 4.82. The van der Waals surface area contributed by atoms with Gasteiger partial charge in [0.2, 0.25) is 0 Å². The van der Waals surface area contributed by atoms with Crippen LogP contribution in [0.15, 0.2) is 0 Å². The maximum atomic E-state index is 10.5. The van der Waals surface area contributed by atoms with Gasteiger partial charge >= 0.3 is 6.61 Å². The summed E-state index contributed by atoms with van der Waals surface area (Å²) < 4.78 is 24.1. The normalized spacial score (nSPS) is 9.60. The van der Waals surface area contributed by atoms with Crippen molar-refractivity contribution in [1.82, 2.24) is 0 Å². The van der Waals surface area contributed by atoms with E-state index in [-0.39, 0.29) is 0 Å². The van der Waals surface area contributed by atoms with E-state index in [1.54, 1.807) is 0 Å². The van der Waals surface area contributed by atoms with Gasteiger partial charge in [0.1, 0.15) is 0 Å².